The van der Waals surface area contributed by atoms with E-state index in [1.165, 1.54) is 42.3 Å². The zero-order valence-corrected chi connectivity index (χ0v) is 19.4. The quantitative estimate of drug-likeness (QED) is 0.496. The first-order valence-corrected chi connectivity index (χ1v) is 10.4. The number of amides is 2. The predicted octanol–water partition coefficient (Wildman–Crippen LogP) is 4.41. The first-order valence-electron chi connectivity index (χ1n) is 9.98. The summed E-state index contributed by atoms with van der Waals surface area (Å²) in [6.45, 7) is 7.29. The van der Waals surface area contributed by atoms with Crippen molar-refractivity contribution < 1.29 is 22.8 Å². The number of alkyl halides is 2. The summed E-state index contributed by atoms with van der Waals surface area (Å²) in [5.41, 5.74) is -1.00. The van der Waals surface area contributed by atoms with Crippen LogP contribution in [0.5, 0.6) is 0 Å². The fraction of sp³-hybridized carbons (Fsp3) is 0.304. The van der Waals surface area contributed by atoms with Crippen molar-refractivity contribution in [3.05, 3.63) is 58.9 Å². The van der Waals surface area contributed by atoms with Gasteiger partial charge in [-0.3, -0.25) is 19.5 Å². The number of carbonyl (C=O) groups excluding carboxylic acids is 2. The number of benzene rings is 2. The number of carbonyl (C=O) groups is 2. The molecule has 10 heteroatoms. The van der Waals surface area contributed by atoms with Gasteiger partial charge in [-0.05, 0) is 68.7 Å². The van der Waals surface area contributed by atoms with Gasteiger partial charge in [-0.15, -0.1) is 0 Å². The number of nitrogens with one attached hydrogen (secondary N) is 1. The van der Waals surface area contributed by atoms with E-state index >= 15 is 0 Å². The summed E-state index contributed by atoms with van der Waals surface area (Å²) in [5.74, 6) is -5.04. The van der Waals surface area contributed by atoms with Crippen LogP contribution in [-0.2, 0) is 17.3 Å². The normalized spacial score (nSPS) is 15.7. The predicted molar refractivity (Wildman–Crippen MR) is 126 cm³/mol. The molecule has 0 spiro atoms. The number of thiocarbonyl (C=S) groups is 1. The van der Waals surface area contributed by atoms with Crippen molar-refractivity contribution in [2.24, 2.45) is 4.99 Å². The number of anilines is 2. The number of halogens is 3. The molecule has 6 nitrogen and oxygen atoms in total. The summed E-state index contributed by atoms with van der Waals surface area (Å²) >= 11 is 5.54. The Bertz CT molecular complexity index is 1160. The average Bonchev–Trinajstić information content (AvgIpc) is 2.91. The first kappa shape index (κ1) is 24.4. The fourth-order valence-electron chi connectivity index (χ4n) is 3.79. The topological polar surface area (TPSA) is 65.0 Å². The van der Waals surface area contributed by atoms with Gasteiger partial charge in [-0.2, -0.15) is 0 Å². The number of hydrogen-bond donors (Lipinski definition) is 1. The molecule has 1 aliphatic rings. The van der Waals surface area contributed by atoms with Crippen LogP contribution in [0, 0.1) is 5.82 Å². The van der Waals surface area contributed by atoms with Crippen LogP contribution in [0.2, 0.25) is 0 Å². The molecule has 0 aromatic heterocycles. The molecular weight excluding hydrogens is 453 g/mol. The summed E-state index contributed by atoms with van der Waals surface area (Å²) in [4.78, 5) is 31.4. The Morgan fingerprint density at radius 1 is 1.21 bits per heavy atom. The van der Waals surface area contributed by atoms with Crippen molar-refractivity contribution in [1.82, 2.24) is 5.32 Å². The highest BCUT2D eigenvalue weighted by atomic mass is 32.1. The number of nitrogens with zero attached hydrogens (tertiary/aromatic N) is 3. The molecular formula is C23H23F3N4O2S. The van der Waals surface area contributed by atoms with Crippen LogP contribution in [0.1, 0.15) is 42.3 Å². The van der Waals surface area contributed by atoms with Crippen molar-refractivity contribution in [3.63, 3.8) is 0 Å². The van der Waals surface area contributed by atoms with Gasteiger partial charge in [0.15, 0.2) is 5.11 Å². The minimum atomic E-state index is -3.19. The van der Waals surface area contributed by atoms with Gasteiger partial charge in [-0.1, -0.05) is 6.07 Å². The Kier molecular flexibility index (Phi) is 6.34. The lowest BCUT2D eigenvalue weighted by Gasteiger charge is -2.29. The van der Waals surface area contributed by atoms with Gasteiger partial charge >= 0.3 is 0 Å². The van der Waals surface area contributed by atoms with E-state index in [2.05, 4.69) is 17.0 Å². The molecule has 1 fully saturated rings. The summed E-state index contributed by atoms with van der Waals surface area (Å²) in [7, 11) is 1.38. The van der Waals surface area contributed by atoms with Crippen molar-refractivity contribution >= 4 is 47.2 Å². The van der Waals surface area contributed by atoms with Crippen molar-refractivity contribution in [1.29, 1.82) is 0 Å². The lowest BCUT2D eigenvalue weighted by molar-refractivity contribution is -0.120. The number of rotatable bonds is 6. The van der Waals surface area contributed by atoms with Gasteiger partial charge < -0.3 is 10.2 Å². The van der Waals surface area contributed by atoms with Crippen molar-refractivity contribution in [2.45, 2.75) is 38.8 Å². The van der Waals surface area contributed by atoms with Crippen LogP contribution in [0.25, 0.3) is 0 Å². The summed E-state index contributed by atoms with van der Waals surface area (Å²) in [6.07, 6.45) is 0. The molecule has 33 heavy (non-hydrogen) atoms. The summed E-state index contributed by atoms with van der Waals surface area (Å²) in [6, 6.07) is 8.06. The third-order valence-electron chi connectivity index (χ3n) is 5.46. The standard InChI is InChI=1S/C23H23F3N4O2S/c1-22(2)20(32)29(14-7-6-13(12-27-4)17(10-14)23(3,25)26)21(33)30(22)15-8-9-16(18(24)11-15)19(31)28-5/h6-11H,4,12H2,1-3,5H3,(H,28,31). The summed E-state index contributed by atoms with van der Waals surface area (Å²) in [5, 5.41) is 2.35. The molecule has 1 saturated heterocycles. The maximum Gasteiger partial charge on any atom is 0.270 e. The van der Waals surface area contributed by atoms with E-state index in [1.807, 2.05) is 0 Å². The van der Waals surface area contributed by atoms with Gasteiger partial charge in [0.05, 0.1) is 17.8 Å². The van der Waals surface area contributed by atoms with Crippen LogP contribution in [0.3, 0.4) is 0 Å². The number of hydrogen-bond acceptors (Lipinski definition) is 4. The number of aliphatic imine (C=N–C) groups is 1. The Morgan fingerprint density at radius 2 is 1.85 bits per heavy atom. The third-order valence-corrected chi connectivity index (χ3v) is 5.82. The van der Waals surface area contributed by atoms with Crippen LogP contribution < -0.4 is 15.1 Å². The fourth-order valence-corrected chi connectivity index (χ4v) is 4.31. The maximum absolute atomic E-state index is 14.6. The average molecular weight is 477 g/mol. The molecule has 174 valence electrons. The maximum atomic E-state index is 14.6. The highest BCUT2D eigenvalue weighted by Crippen LogP contribution is 2.39. The van der Waals surface area contributed by atoms with Gasteiger partial charge in [-0.25, -0.2) is 13.2 Å². The molecule has 0 bridgehead atoms. The Balaban J connectivity index is 2.08. The SMILES string of the molecule is C=NCc1ccc(N2C(=O)C(C)(C)N(c3ccc(C(=O)NC)c(F)c3)C2=S)cc1C(C)(F)F. The van der Waals surface area contributed by atoms with Crippen LogP contribution >= 0.6 is 12.2 Å². The molecule has 0 aliphatic carbocycles. The van der Waals surface area contributed by atoms with Crippen LogP contribution in [0.15, 0.2) is 41.4 Å². The molecule has 0 saturated carbocycles. The lowest BCUT2D eigenvalue weighted by atomic mass is 10.00. The van der Waals surface area contributed by atoms with E-state index in [0.29, 0.717) is 0 Å². The monoisotopic (exact) mass is 476 g/mol. The van der Waals surface area contributed by atoms with E-state index in [-0.39, 0.29) is 39.7 Å². The highest BCUT2D eigenvalue weighted by molar-refractivity contribution is 7.81. The highest BCUT2D eigenvalue weighted by Gasteiger charge is 2.50. The van der Waals surface area contributed by atoms with E-state index in [4.69, 9.17) is 12.2 Å². The van der Waals surface area contributed by atoms with E-state index in [1.54, 1.807) is 13.8 Å². The smallest absolute Gasteiger partial charge is 0.270 e. The largest absolute Gasteiger partial charge is 0.355 e. The molecule has 1 N–H and O–H groups in total. The van der Waals surface area contributed by atoms with Gasteiger partial charge in [0.2, 0.25) is 0 Å². The minimum absolute atomic E-state index is 0.00272. The molecule has 2 aromatic rings. The molecule has 2 aromatic carbocycles. The van der Waals surface area contributed by atoms with E-state index < -0.39 is 29.1 Å². The molecule has 3 rings (SSSR count). The zero-order chi connectivity index (χ0) is 24.7. The third kappa shape index (κ3) is 4.22. The lowest BCUT2D eigenvalue weighted by Crippen LogP contribution is -2.44. The van der Waals surface area contributed by atoms with E-state index in [9.17, 15) is 22.8 Å². The van der Waals surface area contributed by atoms with Crippen LogP contribution in [-0.4, -0.2) is 36.2 Å². The second kappa shape index (κ2) is 8.58. The molecule has 2 amide bonds. The van der Waals surface area contributed by atoms with Gasteiger partial charge in [0.1, 0.15) is 11.4 Å². The van der Waals surface area contributed by atoms with E-state index in [0.717, 1.165) is 17.9 Å². The Hall–Kier alpha value is -3.27. The van der Waals surface area contributed by atoms with Crippen molar-refractivity contribution in [2.75, 3.05) is 16.8 Å². The van der Waals surface area contributed by atoms with Crippen LogP contribution in [0.4, 0.5) is 24.5 Å². The Morgan fingerprint density at radius 3 is 2.39 bits per heavy atom. The molecule has 1 aliphatic heterocycles. The summed E-state index contributed by atoms with van der Waals surface area (Å²) < 4.78 is 43.2. The second-order valence-corrected chi connectivity index (χ2v) is 8.54. The van der Waals surface area contributed by atoms with Crippen molar-refractivity contribution in [3.8, 4) is 0 Å². The molecule has 0 atom stereocenters. The molecule has 0 radical (unpaired) electrons. The second-order valence-electron chi connectivity index (χ2n) is 8.17. The molecule has 1 heterocycles. The molecule has 0 unspecified atom stereocenters. The minimum Gasteiger partial charge on any atom is -0.355 e. The Labute approximate surface area is 195 Å². The first-order chi connectivity index (χ1) is 15.3. The van der Waals surface area contributed by atoms with Gasteiger partial charge in [0.25, 0.3) is 17.7 Å². The zero-order valence-electron chi connectivity index (χ0n) is 18.6. The van der Waals surface area contributed by atoms with Gasteiger partial charge in [0, 0.05) is 25.2 Å².